The predicted octanol–water partition coefficient (Wildman–Crippen LogP) is 2.08. The molecule has 0 bridgehead atoms. The van der Waals surface area contributed by atoms with Crippen LogP contribution in [0.5, 0.6) is 0 Å². The number of nitrogens with zero attached hydrogens (tertiary/aromatic N) is 1. The second-order valence-electron chi connectivity index (χ2n) is 5.20. The Morgan fingerprint density at radius 3 is 2.75 bits per heavy atom. The molecule has 20 heavy (non-hydrogen) atoms. The van der Waals surface area contributed by atoms with Crippen LogP contribution in [0.3, 0.4) is 0 Å². The molecule has 1 aromatic heterocycles. The molecule has 0 aliphatic carbocycles. The van der Waals surface area contributed by atoms with Crippen LogP contribution in [-0.4, -0.2) is 34.9 Å². The third-order valence-corrected chi connectivity index (χ3v) is 3.85. The highest BCUT2D eigenvalue weighted by Gasteiger charge is 2.24. The summed E-state index contributed by atoms with van der Waals surface area (Å²) in [7, 11) is 0. The van der Waals surface area contributed by atoms with Crippen molar-refractivity contribution in [3.8, 4) is 0 Å². The molecule has 1 fully saturated rings. The Labute approximate surface area is 124 Å². The zero-order valence-corrected chi connectivity index (χ0v) is 12.2. The quantitative estimate of drug-likeness (QED) is 0.910. The van der Waals surface area contributed by atoms with E-state index in [0.717, 1.165) is 42.4 Å². The third kappa shape index (κ3) is 2.81. The van der Waals surface area contributed by atoms with Gasteiger partial charge >= 0.3 is 0 Å². The van der Waals surface area contributed by atoms with Gasteiger partial charge in [-0.1, -0.05) is 18.2 Å². The van der Waals surface area contributed by atoms with Gasteiger partial charge in [0.05, 0.1) is 6.04 Å². The molecular formula is C15H20ClN3O. The lowest BCUT2D eigenvalue weighted by atomic mass is 10.0. The van der Waals surface area contributed by atoms with Gasteiger partial charge in [0.25, 0.3) is 0 Å². The number of carbonyl (C=O) groups excluding carboxylic acids is 1. The predicted molar refractivity (Wildman–Crippen MR) is 83.0 cm³/mol. The molecule has 108 valence electrons. The largest absolute Gasteiger partial charge is 0.361 e. The Morgan fingerprint density at radius 2 is 2.00 bits per heavy atom. The van der Waals surface area contributed by atoms with Gasteiger partial charge in [-0.25, -0.2) is 0 Å². The van der Waals surface area contributed by atoms with Crippen LogP contribution in [0.15, 0.2) is 30.5 Å². The fraction of sp³-hybridized carbons (Fsp3) is 0.400. The number of benzene rings is 1. The molecule has 1 saturated heterocycles. The van der Waals surface area contributed by atoms with Gasteiger partial charge in [0.15, 0.2) is 0 Å². The molecule has 1 aromatic carbocycles. The molecule has 2 aromatic rings. The van der Waals surface area contributed by atoms with E-state index in [4.69, 9.17) is 5.73 Å². The van der Waals surface area contributed by atoms with Crippen molar-refractivity contribution >= 4 is 29.2 Å². The van der Waals surface area contributed by atoms with Gasteiger partial charge in [-0.2, -0.15) is 0 Å². The van der Waals surface area contributed by atoms with E-state index >= 15 is 0 Å². The maximum absolute atomic E-state index is 12.2. The maximum atomic E-state index is 12.2. The van der Waals surface area contributed by atoms with Crippen LogP contribution in [0.1, 0.15) is 18.4 Å². The first kappa shape index (κ1) is 14.9. The van der Waals surface area contributed by atoms with Crippen LogP contribution in [0.2, 0.25) is 0 Å². The molecule has 1 amide bonds. The van der Waals surface area contributed by atoms with Crippen LogP contribution in [0, 0.1) is 0 Å². The fourth-order valence-corrected chi connectivity index (χ4v) is 2.80. The van der Waals surface area contributed by atoms with E-state index in [9.17, 15) is 4.79 Å². The Kier molecular flexibility index (Phi) is 4.68. The van der Waals surface area contributed by atoms with Crippen molar-refractivity contribution in [2.45, 2.75) is 25.3 Å². The van der Waals surface area contributed by atoms with E-state index in [1.807, 2.05) is 29.3 Å². The number of para-hydroxylation sites is 1. The van der Waals surface area contributed by atoms with Crippen molar-refractivity contribution < 1.29 is 4.79 Å². The van der Waals surface area contributed by atoms with Gasteiger partial charge in [-0.15, -0.1) is 12.4 Å². The number of H-pyrrole nitrogens is 1. The molecule has 1 aliphatic heterocycles. The minimum Gasteiger partial charge on any atom is -0.361 e. The lowest BCUT2D eigenvalue weighted by Gasteiger charge is -2.19. The van der Waals surface area contributed by atoms with E-state index in [2.05, 4.69) is 11.1 Å². The van der Waals surface area contributed by atoms with Gasteiger partial charge in [0.2, 0.25) is 5.91 Å². The van der Waals surface area contributed by atoms with Crippen molar-refractivity contribution in [1.29, 1.82) is 0 Å². The molecule has 5 heteroatoms. The average molecular weight is 294 g/mol. The summed E-state index contributed by atoms with van der Waals surface area (Å²) >= 11 is 0. The van der Waals surface area contributed by atoms with E-state index < -0.39 is 6.04 Å². The normalized spacial score (nSPS) is 16.1. The molecule has 2 heterocycles. The van der Waals surface area contributed by atoms with Crippen molar-refractivity contribution in [2.75, 3.05) is 13.1 Å². The summed E-state index contributed by atoms with van der Waals surface area (Å²) in [5, 5.41) is 1.16. The van der Waals surface area contributed by atoms with Gasteiger partial charge in [0.1, 0.15) is 0 Å². The van der Waals surface area contributed by atoms with E-state index in [1.165, 1.54) is 0 Å². The topological polar surface area (TPSA) is 62.1 Å². The minimum absolute atomic E-state index is 0. The minimum atomic E-state index is -0.433. The first-order chi connectivity index (χ1) is 9.25. The Morgan fingerprint density at radius 1 is 1.30 bits per heavy atom. The molecule has 3 rings (SSSR count). The maximum Gasteiger partial charge on any atom is 0.239 e. The number of carbonyl (C=O) groups is 1. The van der Waals surface area contributed by atoms with Crippen molar-refractivity contribution in [3.63, 3.8) is 0 Å². The van der Waals surface area contributed by atoms with Crippen LogP contribution in [0.4, 0.5) is 0 Å². The molecule has 0 spiro atoms. The summed E-state index contributed by atoms with van der Waals surface area (Å²) < 4.78 is 0. The Balaban J connectivity index is 0.00000147. The zero-order valence-electron chi connectivity index (χ0n) is 11.3. The molecule has 4 nitrogen and oxygen atoms in total. The second kappa shape index (κ2) is 6.29. The second-order valence-corrected chi connectivity index (χ2v) is 5.20. The number of nitrogens with one attached hydrogen (secondary N) is 1. The summed E-state index contributed by atoms with van der Waals surface area (Å²) in [4.78, 5) is 17.3. The number of amides is 1. The lowest BCUT2D eigenvalue weighted by Crippen LogP contribution is -2.43. The van der Waals surface area contributed by atoms with E-state index in [-0.39, 0.29) is 18.3 Å². The zero-order chi connectivity index (χ0) is 13.2. The molecule has 1 aliphatic rings. The van der Waals surface area contributed by atoms with Crippen LogP contribution in [0.25, 0.3) is 10.9 Å². The number of aromatic amines is 1. The monoisotopic (exact) mass is 293 g/mol. The van der Waals surface area contributed by atoms with Gasteiger partial charge in [-0.05, 0) is 30.9 Å². The third-order valence-electron chi connectivity index (χ3n) is 3.85. The molecule has 3 N–H and O–H groups in total. The molecular weight excluding hydrogens is 274 g/mol. The Bertz CT molecular complexity index is 590. The average Bonchev–Trinajstić information content (AvgIpc) is 3.08. The number of hydrogen-bond donors (Lipinski definition) is 2. The fourth-order valence-electron chi connectivity index (χ4n) is 2.80. The van der Waals surface area contributed by atoms with Crippen molar-refractivity contribution in [3.05, 3.63) is 36.0 Å². The molecule has 0 radical (unpaired) electrons. The van der Waals surface area contributed by atoms with E-state index in [0.29, 0.717) is 6.42 Å². The number of rotatable bonds is 3. The standard InChI is InChI=1S/C15H19N3O.ClH/c16-13(15(19)18-7-3-4-8-18)9-11-10-17-14-6-2-1-5-12(11)14;/h1-2,5-6,10,13,17H,3-4,7-9,16H2;1H. The Hall–Kier alpha value is -1.52. The highest BCUT2D eigenvalue weighted by Crippen LogP contribution is 2.19. The number of fused-ring (bicyclic) bond motifs is 1. The van der Waals surface area contributed by atoms with Crippen molar-refractivity contribution in [2.24, 2.45) is 5.73 Å². The van der Waals surface area contributed by atoms with Crippen molar-refractivity contribution in [1.82, 2.24) is 9.88 Å². The van der Waals surface area contributed by atoms with Gasteiger partial charge in [0, 0.05) is 30.2 Å². The summed E-state index contributed by atoms with van der Waals surface area (Å²) in [6.07, 6.45) is 4.76. The van der Waals surface area contributed by atoms with Crippen LogP contribution in [-0.2, 0) is 11.2 Å². The molecule has 0 saturated carbocycles. The lowest BCUT2D eigenvalue weighted by molar-refractivity contribution is -0.131. The molecule has 1 atom stereocenters. The van der Waals surface area contributed by atoms with Crippen LogP contribution < -0.4 is 5.73 Å². The summed E-state index contributed by atoms with van der Waals surface area (Å²) in [5.41, 5.74) is 8.29. The summed E-state index contributed by atoms with van der Waals surface area (Å²) in [6, 6.07) is 7.67. The highest BCUT2D eigenvalue weighted by atomic mass is 35.5. The number of likely N-dealkylation sites (tertiary alicyclic amines) is 1. The smallest absolute Gasteiger partial charge is 0.239 e. The number of halogens is 1. The van der Waals surface area contributed by atoms with Gasteiger partial charge in [-0.3, -0.25) is 4.79 Å². The van der Waals surface area contributed by atoms with E-state index in [1.54, 1.807) is 0 Å². The van der Waals surface area contributed by atoms with Gasteiger partial charge < -0.3 is 15.6 Å². The summed E-state index contributed by atoms with van der Waals surface area (Å²) in [5.74, 6) is 0.0859. The number of hydrogen-bond acceptors (Lipinski definition) is 2. The highest BCUT2D eigenvalue weighted by molar-refractivity contribution is 5.86. The van der Waals surface area contributed by atoms with Crippen LogP contribution >= 0.6 is 12.4 Å². The molecule has 1 unspecified atom stereocenters. The summed E-state index contributed by atoms with van der Waals surface area (Å²) in [6.45, 7) is 1.72. The first-order valence-electron chi connectivity index (χ1n) is 6.85. The number of nitrogens with two attached hydrogens (primary N) is 1. The SMILES string of the molecule is Cl.NC(Cc1c[nH]c2ccccc12)C(=O)N1CCCC1. The first-order valence-corrected chi connectivity index (χ1v) is 6.85. The number of aromatic nitrogens is 1.